The van der Waals surface area contributed by atoms with Crippen LogP contribution in [0.15, 0.2) is 12.1 Å². The summed E-state index contributed by atoms with van der Waals surface area (Å²) in [4.78, 5) is 8.57. The molecule has 2 heterocycles. The third kappa shape index (κ3) is 2.18. The highest BCUT2D eigenvalue weighted by Crippen LogP contribution is 2.40. The predicted molar refractivity (Wildman–Crippen MR) is 79.0 cm³/mol. The van der Waals surface area contributed by atoms with Gasteiger partial charge in [-0.3, -0.25) is 0 Å². The molecule has 0 radical (unpaired) electrons. The molecule has 0 saturated carbocycles. The van der Waals surface area contributed by atoms with Gasteiger partial charge < -0.3 is 15.8 Å². The molecule has 1 aromatic heterocycles. The Morgan fingerprint density at radius 1 is 1.25 bits per heavy atom. The number of anilines is 1. The zero-order chi connectivity index (χ0) is 14.3. The highest BCUT2D eigenvalue weighted by Gasteiger charge is 2.23. The molecule has 0 saturated heterocycles. The molecule has 0 amide bonds. The van der Waals surface area contributed by atoms with E-state index in [9.17, 15) is 0 Å². The summed E-state index contributed by atoms with van der Waals surface area (Å²) in [6.45, 7) is 1.34. The standard InChI is InChI=1S/C13H12Cl2N4O/c1-20-10-3-6(14)2-8(15)11(10)12-7-4-17-5-9(7)18-13(16)19-12/h2-3,17H,4-5H2,1H3,(H2,16,18,19). The molecular formula is C13H12Cl2N4O. The molecule has 0 fully saturated rings. The molecule has 20 heavy (non-hydrogen) atoms. The Morgan fingerprint density at radius 3 is 2.80 bits per heavy atom. The Morgan fingerprint density at radius 2 is 2.05 bits per heavy atom. The van der Waals surface area contributed by atoms with Crippen LogP contribution >= 0.6 is 23.2 Å². The van der Waals surface area contributed by atoms with Crippen LogP contribution in [0.5, 0.6) is 5.75 Å². The molecule has 0 bridgehead atoms. The van der Waals surface area contributed by atoms with E-state index in [1.807, 2.05) is 0 Å². The second-order valence-corrected chi connectivity index (χ2v) is 5.27. The van der Waals surface area contributed by atoms with Crippen molar-refractivity contribution < 1.29 is 4.74 Å². The zero-order valence-electron chi connectivity index (χ0n) is 10.7. The van der Waals surface area contributed by atoms with Crippen molar-refractivity contribution in [2.45, 2.75) is 13.1 Å². The molecule has 0 spiro atoms. The summed E-state index contributed by atoms with van der Waals surface area (Å²) in [6.07, 6.45) is 0. The van der Waals surface area contributed by atoms with E-state index < -0.39 is 0 Å². The lowest BCUT2D eigenvalue weighted by molar-refractivity contribution is 0.416. The van der Waals surface area contributed by atoms with Crippen LogP contribution < -0.4 is 15.8 Å². The maximum absolute atomic E-state index is 6.32. The summed E-state index contributed by atoms with van der Waals surface area (Å²) in [6, 6.07) is 3.36. The van der Waals surface area contributed by atoms with Crippen molar-refractivity contribution in [2.24, 2.45) is 0 Å². The number of rotatable bonds is 2. The lowest BCUT2D eigenvalue weighted by Crippen LogP contribution is -2.04. The van der Waals surface area contributed by atoms with Crippen molar-refractivity contribution in [2.75, 3.05) is 12.8 Å². The van der Waals surface area contributed by atoms with E-state index in [0.29, 0.717) is 40.1 Å². The van der Waals surface area contributed by atoms with Crippen molar-refractivity contribution >= 4 is 29.2 Å². The van der Waals surface area contributed by atoms with Crippen LogP contribution in [0.2, 0.25) is 10.0 Å². The van der Waals surface area contributed by atoms with E-state index in [2.05, 4.69) is 15.3 Å². The topological polar surface area (TPSA) is 73.1 Å². The van der Waals surface area contributed by atoms with Gasteiger partial charge in [-0.2, -0.15) is 0 Å². The first-order chi connectivity index (χ1) is 9.60. The largest absolute Gasteiger partial charge is 0.496 e. The van der Waals surface area contributed by atoms with Gasteiger partial charge >= 0.3 is 0 Å². The summed E-state index contributed by atoms with van der Waals surface area (Å²) in [5, 5.41) is 4.21. The Kier molecular flexibility index (Phi) is 3.41. The number of methoxy groups -OCH3 is 1. The smallest absolute Gasteiger partial charge is 0.220 e. The highest BCUT2D eigenvalue weighted by atomic mass is 35.5. The van der Waals surface area contributed by atoms with E-state index in [0.717, 1.165) is 11.3 Å². The van der Waals surface area contributed by atoms with Crippen LogP contribution in [-0.2, 0) is 13.1 Å². The number of hydrogen-bond acceptors (Lipinski definition) is 5. The molecule has 1 aliphatic heterocycles. The van der Waals surface area contributed by atoms with E-state index >= 15 is 0 Å². The van der Waals surface area contributed by atoms with Crippen LogP contribution in [0.25, 0.3) is 11.3 Å². The quantitative estimate of drug-likeness (QED) is 0.892. The Bertz CT molecular complexity index is 691. The summed E-state index contributed by atoms with van der Waals surface area (Å²) >= 11 is 12.3. The van der Waals surface area contributed by atoms with Gasteiger partial charge in [-0.25, -0.2) is 9.97 Å². The first kappa shape index (κ1) is 13.4. The second-order valence-electron chi connectivity index (χ2n) is 4.42. The number of ether oxygens (including phenoxy) is 1. The molecule has 5 nitrogen and oxygen atoms in total. The van der Waals surface area contributed by atoms with Gasteiger partial charge in [-0.05, 0) is 12.1 Å². The van der Waals surface area contributed by atoms with Crippen molar-refractivity contribution in [3.05, 3.63) is 33.4 Å². The SMILES string of the molecule is COc1cc(Cl)cc(Cl)c1-c1nc(N)nc2c1CNC2. The third-order valence-electron chi connectivity index (χ3n) is 3.18. The fraction of sp³-hybridized carbons (Fsp3) is 0.231. The third-order valence-corrected chi connectivity index (χ3v) is 3.70. The maximum atomic E-state index is 6.32. The molecule has 104 valence electrons. The number of fused-ring (bicyclic) bond motifs is 1. The van der Waals surface area contributed by atoms with E-state index in [4.69, 9.17) is 33.7 Å². The van der Waals surface area contributed by atoms with Gasteiger partial charge in [0.1, 0.15) is 5.75 Å². The van der Waals surface area contributed by atoms with Crippen LogP contribution in [0, 0.1) is 0 Å². The van der Waals surface area contributed by atoms with Crippen LogP contribution in [0.3, 0.4) is 0 Å². The Labute approximate surface area is 126 Å². The molecule has 1 aromatic carbocycles. The fourth-order valence-corrected chi connectivity index (χ4v) is 2.90. The number of halogens is 2. The van der Waals surface area contributed by atoms with Crippen molar-refractivity contribution in [3.63, 3.8) is 0 Å². The zero-order valence-corrected chi connectivity index (χ0v) is 12.2. The average Bonchev–Trinajstić information content (AvgIpc) is 2.85. The minimum Gasteiger partial charge on any atom is -0.496 e. The average molecular weight is 311 g/mol. The lowest BCUT2D eigenvalue weighted by atomic mass is 10.0. The van der Waals surface area contributed by atoms with Gasteiger partial charge in [0.05, 0.1) is 29.1 Å². The Balaban J connectivity index is 2.29. The van der Waals surface area contributed by atoms with E-state index in [-0.39, 0.29) is 5.95 Å². The van der Waals surface area contributed by atoms with Gasteiger partial charge in [-0.15, -0.1) is 0 Å². The molecule has 0 unspecified atom stereocenters. The lowest BCUT2D eigenvalue weighted by Gasteiger charge is -2.13. The monoisotopic (exact) mass is 310 g/mol. The van der Waals surface area contributed by atoms with Crippen LogP contribution in [0.4, 0.5) is 5.95 Å². The first-order valence-corrected chi connectivity index (χ1v) is 6.75. The number of nitrogens with two attached hydrogens (primary N) is 1. The minimum atomic E-state index is 0.218. The van der Waals surface area contributed by atoms with E-state index in [1.54, 1.807) is 19.2 Å². The molecular weight excluding hydrogens is 299 g/mol. The summed E-state index contributed by atoms with van der Waals surface area (Å²) in [5.74, 6) is 0.783. The fourth-order valence-electron chi connectivity index (χ4n) is 2.33. The van der Waals surface area contributed by atoms with Crippen LogP contribution in [-0.4, -0.2) is 17.1 Å². The number of benzene rings is 1. The Hall–Kier alpha value is -1.56. The molecule has 0 atom stereocenters. The normalized spacial score (nSPS) is 13.3. The minimum absolute atomic E-state index is 0.218. The number of hydrogen-bond donors (Lipinski definition) is 2. The van der Waals surface area contributed by atoms with Gasteiger partial charge in [0.2, 0.25) is 5.95 Å². The highest BCUT2D eigenvalue weighted by molar-refractivity contribution is 6.37. The van der Waals surface area contributed by atoms with Crippen LogP contribution in [0.1, 0.15) is 11.3 Å². The number of nitrogens with one attached hydrogen (secondary N) is 1. The molecule has 1 aliphatic rings. The maximum Gasteiger partial charge on any atom is 0.220 e. The molecule has 0 aliphatic carbocycles. The van der Waals surface area contributed by atoms with Gasteiger partial charge in [0.15, 0.2) is 0 Å². The molecule has 2 aromatic rings. The van der Waals surface area contributed by atoms with Gasteiger partial charge in [0.25, 0.3) is 0 Å². The predicted octanol–water partition coefficient (Wildman–Crippen LogP) is 2.64. The number of nitrogens with zero attached hydrogens (tertiary/aromatic N) is 2. The number of nitrogen functional groups attached to an aromatic ring is 1. The number of aromatic nitrogens is 2. The molecule has 3 N–H and O–H groups in total. The summed E-state index contributed by atoms with van der Waals surface area (Å²) in [5.41, 5.74) is 9.04. The van der Waals surface area contributed by atoms with Gasteiger partial charge in [0, 0.05) is 23.7 Å². The van der Waals surface area contributed by atoms with E-state index in [1.165, 1.54) is 0 Å². The van der Waals surface area contributed by atoms with Crippen molar-refractivity contribution in [1.29, 1.82) is 0 Å². The van der Waals surface area contributed by atoms with Gasteiger partial charge in [-0.1, -0.05) is 23.2 Å². The summed E-state index contributed by atoms with van der Waals surface area (Å²) < 4.78 is 5.37. The van der Waals surface area contributed by atoms with Crippen molar-refractivity contribution in [3.8, 4) is 17.0 Å². The first-order valence-electron chi connectivity index (χ1n) is 5.99. The summed E-state index contributed by atoms with van der Waals surface area (Å²) in [7, 11) is 1.56. The molecule has 7 heteroatoms. The molecule has 3 rings (SSSR count). The second kappa shape index (κ2) is 5.09. The van der Waals surface area contributed by atoms with Crippen molar-refractivity contribution in [1.82, 2.24) is 15.3 Å².